The van der Waals surface area contributed by atoms with E-state index in [-0.39, 0.29) is 5.91 Å². The quantitative estimate of drug-likeness (QED) is 0.883. The maximum absolute atomic E-state index is 11.9. The van der Waals surface area contributed by atoms with Crippen LogP contribution in [0.1, 0.15) is 12.0 Å². The average molecular weight is 268 g/mol. The van der Waals surface area contributed by atoms with Crippen molar-refractivity contribution in [2.45, 2.75) is 13.0 Å². The molecule has 0 radical (unpaired) electrons. The fourth-order valence-electron chi connectivity index (χ4n) is 2.26. The van der Waals surface area contributed by atoms with E-state index < -0.39 is 0 Å². The lowest BCUT2D eigenvalue weighted by Gasteiger charge is -2.25. The first kappa shape index (κ1) is 13.2. The lowest BCUT2D eigenvalue weighted by Crippen LogP contribution is -2.35. The number of anilines is 1. The molecule has 1 amide bonds. The summed E-state index contributed by atoms with van der Waals surface area (Å²) in [7, 11) is 1.84. The van der Waals surface area contributed by atoms with Crippen molar-refractivity contribution in [3.05, 3.63) is 28.8 Å². The molecule has 1 aromatic carbocycles. The van der Waals surface area contributed by atoms with Gasteiger partial charge in [-0.3, -0.25) is 4.79 Å². The minimum atomic E-state index is 0.121. The van der Waals surface area contributed by atoms with E-state index >= 15 is 0 Å². The largest absolute Gasteiger partial charge is 0.361 e. The molecule has 1 saturated heterocycles. The van der Waals surface area contributed by atoms with Crippen molar-refractivity contribution in [2.75, 3.05) is 31.6 Å². The van der Waals surface area contributed by atoms with Crippen LogP contribution in [0.5, 0.6) is 0 Å². The minimum absolute atomic E-state index is 0.121. The number of para-hydroxylation sites is 1. The van der Waals surface area contributed by atoms with Crippen molar-refractivity contribution in [3.63, 3.8) is 0 Å². The lowest BCUT2D eigenvalue weighted by molar-refractivity contribution is -0.127. The third kappa shape index (κ3) is 2.60. The second kappa shape index (κ2) is 5.59. The summed E-state index contributed by atoms with van der Waals surface area (Å²) in [5.41, 5.74) is 7.64. The summed E-state index contributed by atoms with van der Waals surface area (Å²) in [5.74, 6) is 0.121. The molecule has 0 aliphatic carbocycles. The molecule has 0 spiro atoms. The molecule has 1 aliphatic rings. The van der Waals surface area contributed by atoms with Crippen molar-refractivity contribution < 1.29 is 4.79 Å². The first-order chi connectivity index (χ1) is 8.63. The predicted molar refractivity (Wildman–Crippen MR) is 73.8 cm³/mol. The molecule has 5 heteroatoms. The molecular weight excluding hydrogens is 250 g/mol. The number of carbonyl (C=O) groups excluding carboxylic acids is 1. The van der Waals surface area contributed by atoms with Gasteiger partial charge in [0.2, 0.25) is 5.91 Å². The Morgan fingerprint density at radius 2 is 2.17 bits per heavy atom. The van der Waals surface area contributed by atoms with Crippen LogP contribution in [-0.2, 0) is 11.3 Å². The second-order valence-electron chi connectivity index (χ2n) is 4.54. The molecule has 1 aromatic rings. The maximum Gasteiger partial charge on any atom is 0.241 e. The zero-order valence-electron chi connectivity index (χ0n) is 10.5. The van der Waals surface area contributed by atoms with Crippen LogP contribution in [0.4, 0.5) is 5.69 Å². The van der Waals surface area contributed by atoms with Crippen molar-refractivity contribution in [3.8, 4) is 0 Å². The molecule has 98 valence electrons. The number of benzene rings is 1. The van der Waals surface area contributed by atoms with Crippen LogP contribution in [0.15, 0.2) is 18.2 Å². The predicted octanol–water partition coefficient (Wildman–Crippen LogP) is 1.47. The molecule has 0 unspecified atom stereocenters. The number of hydrogen-bond donors (Lipinski definition) is 1. The first-order valence-electron chi connectivity index (χ1n) is 6.10. The van der Waals surface area contributed by atoms with E-state index in [1.54, 1.807) is 4.90 Å². The van der Waals surface area contributed by atoms with Crippen LogP contribution < -0.4 is 10.6 Å². The monoisotopic (exact) mass is 267 g/mol. The number of hydrogen-bond acceptors (Lipinski definition) is 3. The van der Waals surface area contributed by atoms with Gasteiger partial charge in [0.15, 0.2) is 0 Å². The highest BCUT2D eigenvalue weighted by Crippen LogP contribution is 2.30. The average Bonchev–Trinajstić information content (AvgIpc) is 2.51. The van der Waals surface area contributed by atoms with Gasteiger partial charge >= 0.3 is 0 Å². The van der Waals surface area contributed by atoms with Crippen molar-refractivity contribution in [1.29, 1.82) is 0 Å². The van der Waals surface area contributed by atoms with Crippen LogP contribution in [0, 0.1) is 0 Å². The topological polar surface area (TPSA) is 49.6 Å². The number of carbonyl (C=O) groups is 1. The standard InChI is InChI=1S/C13H18ClN3O/c1-16-6-3-7-17(9-12(16)18)13-10(8-15)4-2-5-11(13)14/h2,4-5H,3,6-9,15H2,1H3. The third-order valence-electron chi connectivity index (χ3n) is 3.28. The van der Waals surface area contributed by atoms with Gasteiger partial charge in [0.25, 0.3) is 0 Å². The summed E-state index contributed by atoms with van der Waals surface area (Å²) in [4.78, 5) is 15.7. The zero-order valence-corrected chi connectivity index (χ0v) is 11.3. The van der Waals surface area contributed by atoms with Gasteiger partial charge in [0.1, 0.15) is 0 Å². The second-order valence-corrected chi connectivity index (χ2v) is 4.95. The Kier molecular flexibility index (Phi) is 4.09. The Labute approximate surface area is 112 Å². The number of amides is 1. The molecular formula is C13H18ClN3O. The zero-order chi connectivity index (χ0) is 13.1. The van der Waals surface area contributed by atoms with Gasteiger partial charge in [-0.25, -0.2) is 0 Å². The number of likely N-dealkylation sites (N-methyl/N-ethyl adjacent to an activating group) is 1. The highest BCUT2D eigenvalue weighted by Gasteiger charge is 2.22. The van der Waals surface area contributed by atoms with Crippen LogP contribution >= 0.6 is 11.6 Å². The Balaban J connectivity index is 2.33. The summed E-state index contributed by atoms with van der Waals surface area (Å²) in [5, 5.41) is 0.662. The summed E-state index contributed by atoms with van der Waals surface area (Å²) < 4.78 is 0. The van der Waals surface area contributed by atoms with Gasteiger partial charge in [-0.15, -0.1) is 0 Å². The summed E-state index contributed by atoms with van der Waals surface area (Å²) in [6.07, 6.45) is 0.942. The number of rotatable bonds is 2. The van der Waals surface area contributed by atoms with E-state index in [1.165, 1.54) is 0 Å². The third-order valence-corrected chi connectivity index (χ3v) is 3.58. The highest BCUT2D eigenvalue weighted by molar-refractivity contribution is 6.33. The van der Waals surface area contributed by atoms with Crippen molar-refractivity contribution >= 4 is 23.2 Å². The molecule has 0 bridgehead atoms. The molecule has 0 saturated carbocycles. The number of nitrogens with two attached hydrogens (primary N) is 1. The van der Waals surface area contributed by atoms with Crippen LogP contribution in [0.25, 0.3) is 0 Å². The molecule has 1 heterocycles. The van der Waals surface area contributed by atoms with Crippen molar-refractivity contribution in [1.82, 2.24) is 4.90 Å². The maximum atomic E-state index is 11.9. The highest BCUT2D eigenvalue weighted by atomic mass is 35.5. The van der Waals surface area contributed by atoms with Crippen molar-refractivity contribution in [2.24, 2.45) is 5.73 Å². The summed E-state index contributed by atoms with van der Waals surface area (Å²) in [6, 6.07) is 5.69. The normalized spacial score (nSPS) is 16.9. The summed E-state index contributed by atoms with van der Waals surface area (Å²) >= 11 is 6.26. The Morgan fingerprint density at radius 3 is 2.89 bits per heavy atom. The number of nitrogens with zero attached hydrogens (tertiary/aromatic N) is 2. The fourth-order valence-corrected chi connectivity index (χ4v) is 2.57. The van der Waals surface area contributed by atoms with Gasteiger partial charge in [-0.05, 0) is 18.1 Å². The molecule has 1 fully saturated rings. The van der Waals surface area contributed by atoms with Crippen LogP contribution in [0.2, 0.25) is 5.02 Å². The van der Waals surface area contributed by atoms with Gasteiger partial charge < -0.3 is 15.5 Å². The van der Waals surface area contributed by atoms with E-state index in [4.69, 9.17) is 17.3 Å². The molecule has 2 N–H and O–H groups in total. The minimum Gasteiger partial charge on any atom is -0.361 e. The Bertz CT molecular complexity index is 450. The molecule has 1 aliphatic heterocycles. The van der Waals surface area contributed by atoms with E-state index in [9.17, 15) is 4.79 Å². The van der Waals surface area contributed by atoms with Gasteiger partial charge in [0.05, 0.1) is 17.3 Å². The van der Waals surface area contributed by atoms with Crippen LogP contribution in [-0.4, -0.2) is 37.5 Å². The van der Waals surface area contributed by atoms with E-state index in [2.05, 4.69) is 0 Å². The molecule has 4 nitrogen and oxygen atoms in total. The van der Waals surface area contributed by atoms with Crippen LogP contribution in [0.3, 0.4) is 0 Å². The Morgan fingerprint density at radius 1 is 1.39 bits per heavy atom. The molecule has 0 aromatic heterocycles. The first-order valence-corrected chi connectivity index (χ1v) is 6.47. The number of halogens is 1. The van der Waals surface area contributed by atoms with Gasteiger partial charge in [0, 0.05) is 26.7 Å². The molecule has 18 heavy (non-hydrogen) atoms. The summed E-state index contributed by atoms with van der Waals surface area (Å²) in [6.45, 7) is 2.41. The van der Waals surface area contributed by atoms with E-state index in [1.807, 2.05) is 30.1 Å². The van der Waals surface area contributed by atoms with Gasteiger partial charge in [-0.1, -0.05) is 23.7 Å². The Hall–Kier alpha value is -1.26. The van der Waals surface area contributed by atoms with E-state index in [0.29, 0.717) is 18.1 Å². The fraction of sp³-hybridized carbons (Fsp3) is 0.462. The lowest BCUT2D eigenvalue weighted by atomic mass is 10.1. The van der Waals surface area contributed by atoms with E-state index in [0.717, 1.165) is 30.8 Å². The van der Waals surface area contributed by atoms with Gasteiger partial charge in [-0.2, -0.15) is 0 Å². The molecule has 0 atom stereocenters. The smallest absolute Gasteiger partial charge is 0.241 e. The molecule has 2 rings (SSSR count). The SMILES string of the molecule is CN1CCCN(c2c(Cl)cccc2CN)CC1=O.